The molecule has 2 rings (SSSR count). The Labute approximate surface area is 115 Å². The van der Waals surface area contributed by atoms with E-state index in [4.69, 9.17) is 0 Å². The van der Waals surface area contributed by atoms with Gasteiger partial charge in [-0.25, -0.2) is 4.98 Å². The quantitative estimate of drug-likeness (QED) is 0.886. The van der Waals surface area contributed by atoms with Crippen LogP contribution in [0, 0.1) is 5.92 Å². The molecule has 1 fully saturated rings. The molecular weight excluding hydrogens is 238 g/mol. The maximum atomic E-state index is 12.1. The summed E-state index contributed by atoms with van der Waals surface area (Å²) >= 11 is 0. The molecule has 1 saturated heterocycles. The number of carbonyl (C=O) groups excluding carboxylic acids is 1. The van der Waals surface area contributed by atoms with E-state index in [-0.39, 0.29) is 11.8 Å². The number of pyridine rings is 1. The molecule has 1 N–H and O–H groups in total. The number of nitrogens with zero attached hydrogens (tertiary/aromatic N) is 2. The number of hydrogen-bond donors (Lipinski definition) is 1. The van der Waals surface area contributed by atoms with Gasteiger partial charge in [-0.05, 0) is 31.4 Å². The van der Waals surface area contributed by atoms with Crippen LogP contribution in [0.25, 0.3) is 0 Å². The van der Waals surface area contributed by atoms with Gasteiger partial charge in [0.05, 0.1) is 12.2 Å². The van der Waals surface area contributed by atoms with E-state index >= 15 is 0 Å². The number of carbonyl (C=O) groups is 1. The minimum Gasteiger partial charge on any atom is -0.370 e. The maximum Gasteiger partial charge on any atom is 0.225 e. The Morgan fingerprint density at radius 2 is 2.32 bits per heavy atom. The normalized spacial score (nSPS) is 19.6. The summed E-state index contributed by atoms with van der Waals surface area (Å²) in [4.78, 5) is 18.6. The zero-order chi connectivity index (χ0) is 13.7. The number of amides is 1. The van der Waals surface area contributed by atoms with E-state index in [1.54, 1.807) is 0 Å². The zero-order valence-corrected chi connectivity index (χ0v) is 11.9. The molecular formula is C15H23N3O. The SMILES string of the molecule is CCCNc1cccc(CN2CCCC(C)C2=O)n1. The molecule has 1 aliphatic rings. The highest BCUT2D eigenvalue weighted by Crippen LogP contribution is 2.19. The topological polar surface area (TPSA) is 45.2 Å². The monoisotopic (exact) mass is 261 g/mol. The van der Waals surface area contributed by atoms with E-state index < -0.39 is 0 Å². The number of likely N-dealkylation sites (tertiary alicyclic amines) is 1. The second-order valence-electron chi connectivity index (χ2n) is 5.24. The lowest BCUT2D eigenvalue weighted by Crippen LogP contribution is -2.39. The first-order valence-corrected chi connectivity index (χ1v) is 7.19. The van der Waals surface area contributed by atoms with Crippen LogP contribution < -0.4 is 5.32 Å². The molecule has 1 atom stereocenters. The highest BCUT2D eigenvalue weighted by atomic mass is 16.2. The van der Waals surface area contributed by atoms with Gasteiger partial charge in [0, 0.05) is 19.0 Å². The summed E-state index contributed by atoms with van der Waals surface area (Å²) in [6, 6.07) is 5.96. The fraction of sp³-hybridized carbons (Fsp3) is 0.600. The van der Waals surface area contributed by atoms with Gasteiger partial charge in [-0.1, -0.05) is 19.9 Å². The number of anilines is 1. The predicted octanol–water partition coefficient (Wildman–Crippen LogP) is 2.66. The third kappa shape index (κ3) is 3.69. The minimum atomic E-state index is 0.162. The highest BCUT2D eigenvalue weighted by Gasteiger charge is 2.25. The van der Waals surface area contributed by atoms with Crippen molar-refractivity contribution in [2.75, 3.05) is 18.4 Å². The lowest BCUT2D eigenvalue weighted by molar-refractivity contribution is -0.138. The van der Waals surface area contributed by atoms with Gasteiger partial charge < -0.3 is 10.2 Å². The molecule has 1 unspecified atom stereocenters. The van der Waals surface area contributed by atoms with Gasteiger partial charge in [0.1, 0.15) is 5.82 Å². The molecule has 0 aromatic carbocycles. The van der Waals surface area contributed by atoms with E-state index in [1.165, 1.54) is 0 Å². The van der Waals surface area contributed by atoms with E-state index in [0.717, 1.165) is 43.9 Å². The summed E-state index contributed by atoms with van der Waals surface area (Å²) in [5.74, 6) is 1.33. The molecule has 0 saturated carbocycles. The second kappa shape index (κ2) is 6.55. The molecule has 0 radical (unpaired) electrons. The van der Waals surface area contributed by atoms with Crippen molar-refractivity contribution in [2.45, 2.75) is 39.7 Å². The Morgan fingerprint density at radius 1 is 1.47 bits per heavy atom. The summed E-state index contributed by atoms with van der Waals surface area (Å²) in [6.45, 7) is 6.56. The predicted molar refractivity (Wildman–Crippen MR) is 76.8 cm³/mol. The Hall–Kier alpha value is -1.58. The molecule has 4 heteroatoms. The Kier molecular flexibility index (Phi) is 4.77. The maximum absolute atomic E-state index is 12.1. The minimum absolute atomic E-state index is 0.162. The number of rotatable bonds is 5. The van der Waals surface area contributed by atoms with E-state index in [1.807, 2.05) is 30.0 Å². The molecule has 0 aliphatic carbocycles. The van der Waals surface area contributed by atoms with E-state index in [2.05, 4.69) is 17.2 Å². The van der Waals surface area contributed by atoms with Gasteiger partial charge in [-0.2, -0.15) is 0 Å². The van der Waals surface area contributed by atoms with Crippen molar-refractivity contribution in [1.29, 1.82) is 0 Å². The molecule has 19 heavy (non-hydrogen) atoms. The van der Waals surface area contributed by atoms with Crippen LogP contribution in [0.2, 0.25) is 0 Å². The van der Waals surface area contributed by atoms with Crippen molar-refractivity contribution in [3.05, 3.63) is 23.9 Å². The van der Waals surface area contributed by atoms with Crippen molar-refractivity contribution in [3.63, 3.8) is 0 Å². The van der Waals surface area contributed by atoms with Gasteiger partial charge >= 0.3 is 0 Å². The molecule has 0 bridgehead atoms. The Balaban J connectivity index is 2.00. The number of nitrogens with one attached hydrogen (secondary N) is 1. The zero-order valence-electron chi connectivity index (χ0n) is 11.9. The van der Waals surface area contributed by atoms with Crippen LogP contribution in [0.1, 0.15) is 38.8 Å². The van der Waals surface area contributed by atoms with Crippen LogP contribution in [-0.2, 0) is 11.3 Å². The van der Waals surface area contributed by atoms with Crippen LogP contribution >= 0.6 is 0 Å². The first-order chi connectivity index (χ1) is 9.20. The number of hydrogen-bond acceptors (Lipinski definition) is 3. The summed E-state index contributed by atoms with van der Waals surface area (Å²) in [7, 11) is 0. The number of aromatic nitrogens is 1. The lowest BCUT2D eigenvalue weighted by Gasteiger charge is -2.30. The van der Waals surface area contributed by atoms with Crippen LogP contribution in [0.3, 0.4) is 0 Å². The van der Waals surface area contributed by atoms with Gasteiger partial charge in [0.2, 0.25) is 5.91 Å². The van der Waals surface area contributed by atoms with Crippen molar-refractivity contribution >= 4 is 11.7 Å². The van der Waals surface area contributed by atoms with Crippen molar-refractivity contribution < 1.29 is 4.79 Å². The molecule has 1 aromatic heterocycles. The van der Waals surface area contributed by atoms with Crippen LogP contribution in [0.4, 0.5) is 5.82 Å². The molecule has 1 amide bonds. The fourth-order valence-corrected chi connectivity index (χ4v) is 2.41. The second-order valence-corrected chi connectivity index (χ2v) is 5.24. The van der Waals surface area contributed by atoms with Crippen molar-refractivity contribution in [1.82, 2.24) is 9.88 Å². The van der Waals surface area contributed by atoms with Crippen molar-refractivity contribution in [2.24, 2.45) is 5.92 Å². The summed E-state index contributed by atoms with van der Waals surface area (Å²) < 4.78 is 0. The van der Waals surface area contributed by atoms with Gasteiger partial charge in [-0.15, -0.1) is 0 Å². The van der Waals surface area contributed by atoms with Gasteiger partial charge in [0.15, 0.2) is 0 Å². The van der Waals surface area contributed by atoms with Crippen molar-refractivity contribution in [3.8, 4) is 0 Å². The standard InChI is InChI=1S/C15H23N3O/c1-3-9-16-14-8-4-7-13(17-14)11-18-10-5-6-12(2)15(18)19/h4,7-8,12H,3,5-6,9-11H2,1-2H3,(H,16,17). The third-order valence-corrected chi connectivity index (χ3v) is 3.51. The molecule has 1 aromatic rings. The Morgan fingerprint density at radius 3 is 3.11 bits per heavy atom. The smallest absolute Gasteiger partial charge is 0.225 e. The molecule has 4 nitrogen and oxygen atoms in total. The summed E-state index contributed by atoms with van der Waals surface area (Å²) in [5.41, 5.74) is 0.962. The molecule has 2 heterocycles. The van der Waals surface area contributed by atoms with Gasteiger partial charge in [0.25, 0.3) is 0 Å². The average molecular weight is 261 g/mol. The highest BCUT2D eigenvalue weighted by molar-refractivity contribution is 5.79. The van der Waals surface area contributed by atoms with E-state index in [9.17, 15) is 4.79 Å². The Bertz CT molecular complexity index is 433. The fourth-order valence-electron chi connectivity index (χ4n) is 2.41. The molecule has 104 valence electrons. The summed E-state index contributed by atoms with van der Waals surface area (Å²) in [5, 5.41) is 3.28. The first-order valence-electron chi connectivity index (χ1n) is 7.19. The number of piperidine rings is 1. The van der Waals surface area contributed by atoms with Crippen LogP contribution in [0.15, 0.2) is 18.2 Å². The largest absolute Gasteiger partial charge is 0.370 e. The van der Waals surface area contributed by atoms with E-state index in [0.29, 0.717) is 6.54 Å². The third-order valence-electron chi connectivity index (χ3n) is 3.51. The van der Waals surface area contributed by atoms with Crippen LogP contribution in [-0.4, -0.2) is 28.9 Å². The van der Waals surface area contributed by atoms with Gasteiger partial charge in [-0.3, -0.25) is 4.79 Å². The molecule has 0 spiro atoms. The lowest BCUT2D eigenvalue weighted by atomic mass is 9.99. The van der Waals surface area contributed by atoms with Crippen LogP contribution in [0.5, 0.6) is 0 Å². The summed E-state index contributed by atoms with van der Waals surface area (Å²) in [6.07, 6.45) is 3.19. The average Bonchev–Trinajstić information content (AvgIpc) is 2.42. The molecule has 1 aliphatic heterocycles. The first kappa shape index (κ1) is 13.8.